The van der Waals surface area contributed by atoms with E-state index in [2.05, 4.69) is 26.1 Å². The second-order valence-electron chi connectivity index (χ2n) is 5.71. The summed E-state index contributed by atoms with van der Waals surface area (Å²) in [7, 11) is 0. The van der Waals surface area contributed by atoms with Crippen LogP contribution in [0, 0.1) is 13.8 Å². The fraction of sp³-hybridized carbons (Fsp3) is 0.167. The van der Waals surface area contributed by atoms with E-state index in [4.69, 9.17) is 0 Å². The Morgan fingerprint density at radius 3 is 2.54 bits per heavy atom. The van der Waals surface area contributed by atoms with Crippen molar-refractivity contribution >= 4 is 28.3 Å². The van der Waals surface area contributed by atoms with Gasteiger partial charge in [-0.2, -0.15) is 9.78 Å². The van der Waals surface area contributed by atoms with Gasteiger partial charge in [0, 0.05) is 6.92 Å². The van der Waals surface area contributed by atoms with Crippen molar-refractivity contribution in [2.75, 3.05) is 5.43 Å². The lowest BCUT2D eigenvalue weighted by Gasteiger charge is -2.07. The number of aryl methyl sites for hydroxylation is 2. The maximum absolute atomic E-state index is 12.0. The van der Waals surface area contributed by atoms with Gasteiger partial charge in [-0.15, -0.1) is 5.10 Å². The number of nitrogens with one attached hydrogen (secondary N) is 1. The van der Waals surface area contributed by atoms with Crippen molar-refractivity contribution in [3.8, 4) is 5.69 Å². The molecule has 0 aliphatic carbocycles. The Balaban J connectivity index is 1.84. The fourth-order valence-electron chi connectivity index (χ4n) is 2.16. The number of ketones is 1. The first kappa shape index (κ1) is 17.8. The molecule has 0 atom stereocenters. The second kappa shape index (κ2) is 7.92. The van der Waals surface area contributed by atoms with Gasteiger partial charge in [0.05, 0.1) is 11.4 Å². The van der Waals surface area contributed by atoms with E-state index in [1.807, 2.05) is 62.4 Å². The lowest BCUT2D eigenvalue weighted by molar-refractivity contribution is -0.110. The molecule has 7 nitrogen and oxygen atoms in total. The molecule has 0 spiro atoms. The van der Waals surface area contributed by atoms with E-state index < -0.39 is 0 Å². The van der Waals surface area contributed by atoms with Crippen LogP contribution in [0.1, 0.15) is 18.1 Å². The number of nitrogens with zero attached hydrogens (tertiary/aromatic N) is 5. The Bertz CT molecular complexity index is 948. The number of carbonyl (C=O) groups is 1. The number of hydrazone groups is 1. The fourth-order valence-corrected chi connectivity index (χ4v) is 2.87. The maximum atomic E-state index is 12.0. The van der Waals surface area contributed by atoms with E-state index >= 15 is 0 Å². The molecule has 8 heteroatoms. The zero-order valence-corrected chi connectivity index (χ0v) is 15.5. The molecule has 3 rings (SSSR count). The number of carbonyl (C=O) groups excluding carboxylic acids is 1. The van der Waals surface area contributed by atoms with Crippen molar-refractivity contribution in [3.05, 3.63) is 59.7 Å². The number of Topliss-reactive ketones (excluding diaryl/α,β-unsaturated/α-hetero) is 1. The maximum Gasteiger partial charge on any atom is 0.220 e. The molecule has 0 bridgehead atoms. The lowest BCUT2D eigenvalue weighted by Crippen LogP contribution is -2.10. The van der Waals surface area contributed by atoms with Crippen LogP contribution in [-0.2, 0) is 4.79 Å². The minimum Gasteiger partial charge on any atom is -0.292 e. The van der Waals surface area contributed by atoms with Crippen LogP contribution in [0.4, 0.5) is 5.69 Å². The number of anilines is 1. The molecule has 1 N–H and O–H groups in total. The monoisotopic (exact) mass is 366 g/mol. The Labute approximate surface area is 155 Å². The van der Waals surface area contributed by atoms with E-state index in [9.17, 15) is 4.79 Å². The van der Waals surface area contributed by atoms with Crippen LogP contribution < -0.4 is 5.43 Å². The number of rotatable bonds is 5. The predicted molar refractivity (Wildman–Crippen MR) is 103 cm³/mol. The summed E-state index contributed by atoms with van der Waals surface area (Å²) in [5.74, 6) is -0.172. The predicted octanol–water partition coefficient (Wildman–Crippen LogP) is 3.39. The molecule has 0 amide bonds. The molecule has 0 aliphatic rings. The Hall–Kier alpha value is -3.00. The van der Waals surface area contributed by atoms with Crippen LogP contribution in [0.2, 0.25) is 0 Å². The van der Waals surface area contributed by atoms with Crippen molar-refractivity contribution in [2.45, 2.75) is 25.9 Å². The normalized spacial score (nSPS) is 11.4. The summed E-state index contributed by atoms with van der Waals surface area (Å²) < 4.78 is 1.58. The first-order chi connectivity index (χ1) is 12.5. The number of hydrogen-bond donors (Lipinski definition) is 1. The highest BCUT2D eigenvalue weighted by atomic mass is 32.2. The molecule has 3 aromatic rings. The first-order valence-corrected chi connectivity index (χ1v) is 8.80. The summed E-state index contributed by atoms with van der Waals surface area (Å²) in [6.07, 6.45) is 0. The van der Waals surface area contributed by atoms with Crippen LogP contribution in [0.15, 0.2) is 58.8 Å². The highest BCUT2D eigenvalue weighted by molar-refractivity contribution is 8.15. The van der Waals surface area contributed by atoms with Gasteiger partial charge in [-0.3, -0.25) is 10.2 Å². The SMILES string of the molecule is CC(=O)/C(=N\Nc1ccccc1C)Sc1nnnn1-c1ccc(C)cc1. The van der Waals surface area contributed by atoms with E-state index in [0.29, 0.717) is 5.16 Å². The first-order valence-electron chi connectivity index (χ1n) is 7.98. The molecule has 0 saturated carbocycles. The standard InChI is InChI=1S/C18H18N6OS/c1-12-8-10-15(11-9-12)24-18(21-22-23-24)26-17(14(3)25)20-19-16-7-5-4-6-13(16)2/h4-11,19H,1-3H3/b20-17+. The van der Waals surface area contributed by atoms with Gasteiger partial charge in [0.25, 0.3) is 0 Å². The molecule has 1 heterocycles. The Kier molecular flexibility index (Phi) is 5.43. The van der Waals surface area contributed by atoms with Gasteiger partial charge in [0.2, 0.25) is 5.16 Å². The van der Waals surface area contributed by atoms with Gasteiger partial charge in [0.1, 0.15) is 0 Å². The number of aromatic nitrogens is 4. The van der Waals surface area contributed by atoms with Crippen LogP contribution >= 0.6 is 11.8 Å². The largest absolute Gasteiger partial charge is 0.292 e. The van der Waals surface area contributed by atoms with Gasteiger partial charge in [-0.1, -0.05) is 35.9 Å². The van der Waals surface area contributed by atoms with Gasteiger partial charge in [0.15, 0.2) is 10.8 Å². The van der Waals surface area contributed by atoms with Crippen molar-refractivity contribution in [1.82, 2.24) is 20.2 Å². The molecule has 1 aromatic heterocycles. The number of hydrogen-bond acceptors (Lipinski definition) is 7. The molecule has 2 aromatic carbocycles. The quantitative estimate of drug-likeness (QED) is 0.322. The van der Waals surface area contributed by atoms with E-state index in [1.165, 1.54) is 6.92 Å². The molecule has 132 valence electrons. The second-order valence-corrected chi connectivity index (χ2v) is 6.67. The minimum absolute atomic E-state index is 0.172. The van der Waals surface area contributed by atoms with Crippen molar-refractivity contribution in [2.24, 2.45) is 5.10 Å². The molecular weight excluding hydrogens is 348 g/mol. The van der Waals surface area contributed by atoms with Gasteiger partial charge < -0.3 is 0 Å². The topological polar surface area (TPSA) is 85.1 Å². The number of thioether (sulfide) groups is 1. The van der Waals surface area contributed by atoms with E-state index in [1.54, 1.807) is 4.68 Å². The third-order valence-electron chi connectivity index (χ3n) is 3.63. The van der Waals surface area contributed by atoms with Crippen LogP contribution in [0.25, 0.3) is 5.69 Å². The van der Waals surface area contributed by atoms with Crippen LogP contribution in [-0.4, -0.2) is 31.0 Å². The highest BCUT2D eigenvalue weighted by Crippen LogP contribution is 2.21. The van der Waals surface area contributed by atoms with Gasteiger partial charge in [-0.25, -0.2) is 0 Å². The third kappa shape index (κ3) is 4.15. The lowest BCUT2D eigenvalue weighted by atomic mass is 10.2. The summed E-state index contributed by atoms with van der Waals surface area (Å²) >= 11 is 1.12. The summed E-state index contributed by atoms with van der Waals surface area (Å²) in [6, 6.07) is 15.5. The Morgan fingerprint density at radius 2 is 1.85 bits per heavy atom. The number of benzene rings is 2. The summed E-state index contributed by atoms with van der Waals surface area (Å²) in [5, 5.41) is 16.7. The summed E-state index contributed by atoms with van der Waals surface area (Å²) in [4.78, 5) is 12.0. The zero-order valence-electron chi connectivity index (χ0n) is 14.7. The Morgan fingerprint density at radius 1 is 1.12 bits per heavy atom. The molecular formula is C18H18N6OS. The number of tetrazole rings is 1. The van der Waals surface area contributed by atoms with E-state index in [0.717, 1.165) is 34.3 Å². The average molecular weight is 366 g/mol. The highest BCUT2D eigenvalue weighted by Gasteiger charge is 2.16. The molecule has 0 radical (unpaired) electrons. The van der Waals surface area contributed by atoms with E-state index in [-0.39, 0.29) is 10.8 Å². The van der Waals surface area contributed by atoms with Gasteiger partial charge in [-0.05, 0) is 59.8 Å². The van der Waals surface area contributed by atoms with Crippen molar-refractivity contribution < 1.29 is 4.79 Å². The molecule has 0 aliphatic heterocycles. The van der Waals surface area contributed by atoms with Gasteiger partial charge >= 0.3 is 0 Å². The third-order valence-corrected chi connectivity index (χ3v) is 4.64. The molecule has 0 unspecified atom stereocenters. The van der Waals surface area contributed by atoms with Crippen LogP contribution in [0.5, 0.6) is 0 Å². The summed E-state index contributed by atoms with van der Waals surface area (Å²) in [5.41, 5.74) is 6.78. The summed E-state index contributed by atoms with van der Waals surface area (Å²) in [6.45, 7) is 5.44. The molecule has 0 saturated heterocycles. The average Bonchev–Trinajstić information content (AvgIpc) is 3.08. The number of para-hydroxylation sites is 1. The van der Waals surface area contributed by atoms with Crippen molar-refractivity contribution in [3.63, 3.8) is 0 Å². The minimum atomic E-state index is -0.172. The molecule has 26 heavy (non-hydrogen) atoms. The van der Waals surface area contributed by atoms with Crippen molar-refractivity contribution in [1.29, 1.82) is 0 Å². The zero-order chi connectivity index (χ0) is 18.5. The van der Waals surface area contributed by atoms with Crippen LogP contribution in [0.3, 0.4) is 0 Å². The smallest absolute Gasteiger partial charge is 0.220 e. The molecule has 0 fully saturated rings.